The Morgan fingerprint density at radius 2 is 2.50 bits per heavy atom. The molecule has 1 heterocycles. The number of halogens is 1. The van der Waals surface area contributed by atoms with Crippen LogP contribution in [0.15, 0.2) is 16.7 Å². The average molecular weight is 133 g/mol. The predicted molar refractivity (Wildman–Crippen MR) is 30.3 cm³/mol. The number of furan rings is 1. The second-order valence-corrected chi connectivity index (χ2v) is 1.61. The van der Waals surface area contributed by atoms with Gasteiger partial charge in [-0.3, -0.25) is 0 Å². The largest absolute Gasteiger partial charge is 0.492 e. The summed E-state index contributed by atoms with van der Waals surface area (Å²) >= 11 is 5.45. The standard InChI is InChI=1S/C5H5ClO2/c1-7-4-2-3-8-5(4)6/h2-3H,1H3. The molecule has 0 spiro atoms. The first-order valence-electron chi connectivity index (χ1n) is 2.11. The number of rotatable bonds is 1. The third kappa shape index (κ3) is 0.793. The molecule has 8 heavy (non-hydrogen) atoms. The molecule has 0 bridgehead atoms. The van der Waals surface area contributed by atoms with E-state index in [0.717, 1.165) is 0 Å². The van der Waals surface area contributed by atoms with Crippen LogP contribution < -0.4 is 4.74 Å². The molecule has 1 rings (SSSR count). The first kappa shape index (κ1) is 5.51. The fraction of sp³-hybridized carbons (Fsp3) is 0.200. The smallest absolute Gasteiger partial charge is 0.235 e. The van der Waals surface area contributed by atoms with Crippen molar-refractivity contribution >= 4 is 11.6 Å². The Labute approximate surface area is 52.0 Å². The Hall–Kier alpha value is -0.630. The van der Waals surface area contributed by atoms with Crippen molar-refractivity contribution in [2.45, 2.75) is 0 Å². The SMILES string of the molecule is COc1ccoc1Cl. The Morgan fingerprint density at radius 3 is 2.75 bits per heavy atom. The zero-order valence-electron chi connectivity index (χ0n) is 4.35. The Morgan fingerprint density at radius 1 is 1.75 bits per heavy atom. The summed E-state index contributed by atoms with van der Waals surface area (Å²) in [7, 11) is 1.54. The third-order valence-corrected chi connectivity index (χ3v) is 1.08. The van der Waals surface area contributed by atoms with E-state index >= 15 is 0 Å². The second-order valence-electron chi connectivity index (χ2n) is 1.26. The van der Waals surface area contributed by atoms with Gasteiger partial charge >= 0.3 is 0 Å². The van der Waals surface area contributed by atoms with E-state index in [2.05, 4.69) is 0 Å². The lowest BCUT2D eigenvalue weighted by Crippen LogP contribution is -1.76. The number of hydrogen-bond donors (Lipinski definition) is 0. The van der Waals surface area contributed by atoms with Gasteiger partial charge in [0.15, 0.2) is 5.75 Å². The van der Waals surface area contributed by atoms with E-state index in [0.29, 0.717) is 11.0 Å². The third-order valence-electron chi connectivity index (χ3n) is 0.805. The lowest BCUT2D eigenvalue weighted by atomic mass is 10.6. The molecule has 0 aliphatic heterocycles. The predicted octanol–water partition coefficient (Wildman–Crippen LogP) is 1.94. The van der Waals surface area contributed by atoms with Crippen LogP contribution in [0.3, 0.4) is 0 Å². The van der Waals surface area contributed by atoms with Gasteiger partial charge in [0, 0.05) is 6.07 Å². The van der Waals surface area contributed by atoms with Gasteiger partial charge in [-0.2, -0.15) is 0 Å². The minimum absolute atomic E-state index is 0.299. The van der Waals surface area contributed by atoms with Gasteiger partial charge in [0.2, 0.25) is 5.22 Å². The number of ether oxygens (including phenoxy) is 1. The number of hydrogen-bond acceptors (Lipinski definition) is 2. The van der Waals surface area contributed by atoms with E-state index in [1.165, 1.54) is 13.4 Å². The van der Waals surface area contributed by atoms with E-state index in [9.17, 15) is 0 Å². The molecular formula is C5H5ClO2. The molecule has 0 saturated carbocycles. The van der Waals surface area contributed by atoms with Gasteiger partial charge < -0.3 is 9.15 Å². The highest BCUT2D eigenvalue weighted by atomic mass is 35.5. The highest BCUT2D eigenvalue weighted by Gasteiger charge is 1.99. The summed E-state index contributed by atoms with van der Waals surface area (Å²) in [5.74, 6) is 0.576. The van der Waals surface area contributed by atoms with Gasteiger partial charge in [0.05, 0.1) is 13.4 Å². The van der Waals surface area contributed by atoms with Crippen LogP contribution in [0.1, 0.15) is 0 Å². The molecule has 0 saturated heterocycles. The van der Waals surface area contributed by atoms with E-state index in [1.54, 1.807) is 6.07 Å². The van der Waals surface area contributed by atoms with Crippen molar-refractivity contribution in [3.05, 3.63) is 17.5 Å². The molecule has 0 N–H and O–H groups in total. The molecule has 0 radical (unpaired) electrons. The summed E-state index contributed by atoms with van der Waals surface area (Å²) in [6.45, 7) is 0. The molecule has 1 aromatic rings. The summed E-state index contributed by atoms with van der Waals surface area (Å²) < 4.78 is 9.46. The van der Waals surface area contributed by atoms with Crippen LogP contribution in [0.5, 0.6) is 5.75 Å². The highest BCUT2D eigenvalue weighted by Crippen LogP contribution is 2.23. The van der Waals surface area contributed by atoms with Crippen molar-refractivity contribution < 1.29 is 9.15 Å². The van der Waals surface area contributed by atoms with E-state index < -0.39 is 0 Å². The van der Waals surface area contributed by atoms with Crippen molar-refractivity contribution in [2.24, 2.45) is 0 Å². The molecular weight excluding hydrogens is 128 g/mol. The van der Waals surface area contributed by atoms with Gasteiger partial charge in [0.1, 0.15) is 0 Å². The van der Waals surface area contributed by atoms with Crippen LogP contribution in [-0.2, 0) is 0 Å². The fourth-order valence-corrected chi connectivity index (χ4v) is 0.619. The Bertz CT molecular complexity index is 171. The minimum atomic E-state index is 0.299. The van der Waals surface area contributed by atoms with Crippen LogP contribution in [-0.4, -0.2) is 7.11 Å². The molecule has 2 nitrogen and oxygen atoms in total. The molecule has 0 unspecified atom stereocenters. The summed E-state index contributed by atoms with van der Waals surface area (Å²) in [5, 5.41) is 0.299. The lowest BCUT2D eigenvalue weighted by molar-refractivity contribution is 0.406. The molecule has 0 aromatic carbocycles. The van der Waals surface area contributed by atoms with Crippen molar-refractivity contribution in [2.75, 3.05) is 7.11 Å². The summed E-state index contributed by atoms with van der Waals surface area (Å²) in [6, 6.07) is 1.66. The molecule has 0 aliphatic carbocycles. The molecule has 0 atom stereocenters. The topological polar surface area (TPSA) is 22.4 Å². The maximum absolute atomic E-state index is 5.45. The summed E-state index contributed by atoms with van der Waals surface area (Å²) in [4.78, 5) is 0. The molecule has 1 aromatic heterocycles. The van der Waals surface area contributed by atoms with Crippen LogP contribution in [0, 0.1) is 0 Å². The van der Waals surface area contributed by atoms with Crippen molar-refractivity contribution in [1.82, 2.24) is 0 Å². The summed E-state index contributed by atoms with van der Waals surface area (Å²) in [6.07, 6.45) is 1.47. The molecule has 0 aliphatic rings. The van der Waals surface area contributed by atoms with Crippen molar-refractivity contribution in [3.8, 4) is 5.75 Å². The van der Waals surface area contributed by atoms with Crippen molar-refractivity contribution in [3.63, 3.8) is 0 Å². The van der Waals surface area contributed by atoms with Crippen molar-refractivity contribution in [1.29, 1.82) is 0 Å². The van der Waals surface area contributed by atoms with Gasteiger partial charge in [0.25, 0.3) is 0 Å². The average Bonchev–Trinajstić information content (AvgIpc) is 2.14. The molecule has 0 fully saturated rings. The molecule has 0 amide bonds. The Balaban J connectivity index is 2.92. The normalized spacial score (nSPS) is 9.25. The first-order chi connectivity index (χ1) is 3.84. The summed E-state index contributed by atoms with van der Waals surface area (Å²) in [5.41, 5.74) is 0. The van der Waals surface area contributed by atoms with Crippen LogP contribution >= 0.6 is 11.6 Å². The highest BCUT2D eigenvalue weighted by molar-refractivity contribution is 6.30. The molecule has 3 heteroatoms. The van der Waals surface area contributed by atoms with Crippen LogP contribution in [0.4, 0.5) is 0 Å². The van der Waals surface area contributed by atoms with Crippen LogP contribution in [0.25, 0.3) is 0 Å². The van der Waals surface area contributed by atoms with E-state index in [4.69, 9.17) is 20.8 Å². The first-order valence-corrected chi connectivity index (χ1v) is 2.49. The zero-order valence-corrected chi connectivity index (χ0v) is 5.11. The van der Waals surface area contributed by atoms with E-state index in [1.807, 2.05) is 0 Å². The molecule has 44 valence electrons. The number of methoxy groups -OCH3 is 1. The minimum Gasteiger partial charge on any atom is -0.492 e. The van der Waals surface area contributed by atoms with Gasteiger partial charge in [-0.05, 0) is 11.6 Å². The monoisotopic (exact) mass is 132 g/mol. The maximum atomic E-state index is 5.45. The van der Waals surface area contributed by atoms with Gasteiger partial charge in [-0.1, -0.05) is 0 Å². The van der Waals surface area contributed by atoms with Gasteiger partial charge in [-0.15, -0.1) is 0 Å². The zero-order chi connectivity index (χ0) is 5.98. The quantitative estimate of drug-likeness (QED) is 0.583. The fourth-order valence-electron chi connectivity index (χ4n) is 0.427. The lowest BCUT2D eigenvalue weighted by Gasteiger charge is -1.89. The second kappa shape index (κ2) is 2.09. The maximum Gasteiger partial charge on any atom is 0.235 e. The van der Waals surface area contributed by atoms with E-state index in [-0.39, 0.29) is 0 Å². The van der Waals surface area contributed by atoms with Gasteiger partial charge in [-0.25, -0.2) is 0 Å². The van der Waals surface area contributed by atoms with Crippen LogP contribution in [0.2, 0.25) is 5.22 Å². The Kier molecular flexibility index (Phi) is 1.44.